The molecule has 0 aliphatic rings. The predicted molar refractivity (Wildman–Crippen MR) is 115 cm³/mol. The zero-order valence-corrected chi connectivity index (χ0v) is 17.6. The van der Waals surface area contributed by atoms with E-state index < -0.39 is 5.97 Å². The lowest BCUT2D eigenvalue weighted by Gasteiger charge is -2.11. The SMILES string of the molecule is CCOC(=O)c1c(NC(=O)c2ccc(Cl)cc2)nc(SC)n1Cc1ccccc1. The van der Waals surface area contributed by atoms with Crippen molar-refractivity contribution in [3.05, 3.63) is 76.4 Å². The van der Waals surface area contributed by atoms with Crippen molar-refractivity contribution in [3.63, 3.8) is 0 Å². The monoisotopic (exact) mass is 429 g/mol. The van der Waals surface area contributed by atoms with Gasteiger partial charge in [-0.15, -0.1) is 0 Å². The lowest BCUT2D eigenvalue weighted by atomic mass is 10.2. The average Bonchev–Trinajstić information content (AvgIpc) is 3.06. The van der Waals surface area contributed by atoms with Crippen LogP contribution in [0.3, 0.4) is 0 Å². The Balaban J connectivity index is 2.00. The molecule has 0 radical (unpaired) electrons. The number of carbonyl (C=O) groups excluding carboxylic acids is 2. The summed E-state index contributed by atoms with van der Waals surface area (Å²) in [4.78, 5) is 29.8. The number of hydrogen-bond donors (Lipinski definition) is 1. The third-order valence-electron chi connectivity index (χ3n) is 4.11. The van der Waals surface area contributed by atoms with Crippen LogP contribution < -0.4 is 5.32 Å². The molecule has 0 saturated carbocycles. The van der Waals surface area contributed by atoms with Gasteiger partial charge < -0.3 is 14.6 Å². The molecule has 1 aromatic heterocycles. The molecular formula is C21H20ClN3O3S. The number of esters is 1. The summed E-state index contributed by atoms with van der Waals surface area (Å²) in [6, 6.07) is 16.2. The maximum absolute atomic E-state index is 12.7. The van der Waals surface area contributed by atoms with E-state index in [0.29, 0.717) is 22.3 Å². The molecule has 3 rings (SSSR count). The number of ether oxygens (including phenoxy) is 1. The number of anilines is 1. The Bertz CT molecular complexity index is 1000. The first-order chi connectivity index (χ1) is 14.0. The first-order valence-corrected chi connectivity index (χ1v) is 10.6. The number of carbonyl (C=O) groups is 2. The van der Waals surface area contributed by atoms with E-state index >= 15 is 0 Å². The molecule has 29 heavy (non-hydrogen) atoms. The molecule has 0 aliphatic heterocycles. The highest BCUT2D eigenvalue weighted by atomic mass is 35.5. The number of halogens is 1. The largest absolute Gasteiger partial charge is 0.461 e. The summed E-state index contributed by atoms with van der Waals surface area (Å²) in [5, 5.41) is 3.87. The summed E-state index contributed by atoms with van der Waals surface area (Å²) in [5.74, 6) is -0.754. The molecule has 0 unspecified atom stereocenters. The van der Waals surface area contributed by atoms with Gasteiger partial charge >= 0.3 is 5.97 Å². The van der Waals surface area contributed by atoms with Crippen LogP contribution in [0.4, 0.5) is 5.82 Å². The third kappa shape index (κ3) is 4.99. The van der Waals surface area contributed by atoms with Gasteiger partial charge in [0, 0.05) is 10.6 Å². The molecule has 0 aliphatic carbocycles. The van der Waals surface area contributed by atoms with Gasteiger partial charge in [-0.2, -0.15) is 0 Å². The van der Waals surface area contributed by atoms with Gasteiger partial charge in [0.1, 0.15) is 0 Å². The molecule has 1 N–H and O–H groups in total. The number of nitrogens with one attached hydrogen (secondary N) is 1. The molecule has 1 amide bonds. The van der Waals surface area contributed by atoms with Gasteiger partial charge in [0.05, 0.1) is 13.2 Å². The minimum absolute atomic E-state index is 0.170. The summed E-state index contributed by atoms with van der Waals surface area (Å²) in [5.41, 5.74) is 1.62. The standard InChI is InChI=1S/C21H20ClN3O3S/c1-3-28-20(27)17-18(23-19(26)15-9-11-16(22)12-10-15)24-21(29-2)25(17)13-14-7-5-4-6-8-14/h4-12H,3,13H2,1-2H3,(H,23,26). The van der Waals surface area contributed by atoms with E-state index in [0.717, 1.165) is 5.56 Å². The minimum Gasteiger partial charge on any atom is -0.461 e. The topological polar surface area (TPSA) is 73.2 Å². The van der Waals surface area contributed by atoms with Gasteiger partial charge in [-0.1, -0.05) is 53.7 Å². The van der Waals surface area contributed by atoms with Crippen molar-refractivity contribution in [1.29, 1.82) is 0 Å². The number of hydrogen-bond acceptors (Lipinski definition) is 5. The van der Waals surface area contributed by atoms with Gasteiger partial charge in [-0.25, -0.2) is 9.78 Å². The number of benzene rings is 2. The van der Waals surface area contributed by atoms with Gasteiger partial charge in [0.25, 0.3) is 5.91 Å². The molecule has 0 atom stereocenters. The molecule has 0 bridgehead atoms. The fourth-order valence-electron chi connectivity index (χ4n) is 2.78. The Kier molecular flexibility index (Phi) is 6.95. The highest BCUT2D eigenvalue weighted by Gasteiger charge is 2.26. The second kappa shape index (κ2) is 9.62. The van der Waals surface area contributed by atoms with Crippen molar-refractivity contribution in [2.24, 2.45) is 0 Å². The van der Waals surface area contributed by atoms with Crippen LogP contribution >= 0.6 is 23.4 Å². The number of thioether (sulfide) groups is 1. The summed E-state index contributed by atoms with van der Waals surface area (Å²) in [6.07, 6.45) is 1.86. The molecular weight excluding hydrogens is 410 g/mol. The van der Waals surface area contributed by atoms with Crippen LogP contribution in [0, 0.1) is 0 Å². The third-order valence-corrected chi connectivity index (χ3v) is 5.03. The Morgan fingerprint density at radius 1 is 1.14 bits per heavy atom. The van der Waals surface area contributed by atoms with Crippen molar-refractivity contribution in [2.45, 2.75) is 18.6 Å². The lowest BCUT2D eigenvalue weighted by molar-refractivity contribution is 0.0514. The Labute approximate surface area is 178 Å². The smallest absolute Gasteiger partial charge is 0.358 e. The second-order valence-corrected chi connectivity index (χ2v) is 7.26. The van der Waals surface area contributed by atoms with Gasteiger partial charge in [0.15, 0.2) is 16.7 Å². The van der Waals surface area contributed by atoms with Crippen LogP contribution in [0.2, 0.25) is 5.02 Å². The van der Waals surface area contributed by atoms with Crippen molar-refractivity contribution in [1.82, 2.24) is 9.55 Å². The fraction of sp³-hybridized carbons (Fsp3) is 0.190. The van der Waals surface area contributed by atoms with Crippen LogP contribution in [-0.4, -0.2) is 34.3 Å². The predicted octanol–water partition coefficient (Wildman–Crippen LogP) is 4.74. The van der Waals surface area contributed by atoms with Crippen molar-refractivity contribution in [3.8, 4) is 0 Å². The van der Waals surface area contributed by atoms with Crippen LogP contribution in [0.5, 0.6) is 0 Å². The molecule has 0 fully saturated rings. The molecule has 1 heterocycles. The number of rotatable bonds is 7. The van der Waals surface area contributed by atoms with Crippen LogP contribution in [0.15, 0.2) is 59.8 Å². The van der Waals surface area contributed by atoms with Crippen LogP contribution in [0.25, 0.3) is 0 Å². The summed E-state index contributed by atoms with van der Waals surface area (Å²) in [7, 11) is 0. The Morgan fingerprint density at radius 2 is 1.83 bits per heavy atom. The molecule has 150 valence electrons. The van der Waals surface area contributed by atoms with Gasteiger partial charge in [0.2, 0.25) is 0 Å². The average molecular weight is 430 g/mol. The zero-order valence-electron chi connectivity index (χ0n) is 16.0. The molecule has 3 aromatic rings. The fourth-order valence-corrected chi connectivity index (χ4v) is 3.46. The van der Waals surface area contributed by atoms with E-state index in [1.807, 2.05) is 36.6 Å². The second-order valence-electron chi connectivity index (χ2n) is 6.05. The zero-order chi connectivity index (χ0) is 20.8. The highest BCUT2D eigenvalue weighted by molar-refractivity contribution is 7.98. The quantitative estimate of drug-likeness (QED) is 0.434. The van der Waals surface area contributed by atoms with Crippen LogP contribution in [-0.2, 0) is 11.3 Å². The summed E-state index contributed by atoms with van der Waals surface area (Å²) < 4.78 is 6.99. The van der Waals surface area contributed by atoms with E-state index in [4.69, 9.17) is 16.3 Å². The Hall–Kier alpha value is -2.77. The van der Waals surface area contributed by atoms with E-state index in [-0.39, 0.29) is 24.0 Å². The number of amides is 1. The molecule has 6 nitrogen and oxygen atoms in total. The molecule has 2 aromatic carbocycles. The summed E-state index contributed by atoms with van der Waals surface area (Å²) in [6.45, 7) is 2.38. The van der Waals surface area contributed by atoms with Gasteiger partial charge in [-0.3, -0.25) is 4.79 Å². The normalized spacial score (nSPS) is 10.6. The maximum atomic E-state index is 12.7. The number of aromatic nitrogens is 2. The first kappa shape index (κ1) is 21.0. The molecule has 0 spiro atoms. The van der Waals surface area contributed by atoms with E-state index in [1.54, 1.807) is 35.8 Å². The molecule has 0 saturated heterocycles. The van der Waals surface area contributed by atoms with Gasteiger partial charge in [-0.05, 0) is 43.0 Å². The first-order valence-electron chi connectivity index (χ1n) is 8.96. The van der Waals surface area contributed by atoms with Crippen molar-refractivity contribution in [2.75, 3.05) is 18.2 Å². The minimum atomic E-state index is -0.539. The van der Waals surface area contributed by atoms with E-state index in [1.165, 1.54) is 11.8 Å². The lowest BCUT2D eigenvalue weighted by Crippen LogP contribution is -2.18. The highest BCUT2D eigenvalue weighted by Crippen LogP contribution is 2.26. The van der Waals surface area contributed by atoms with Crippen molar-refractivity contribution >= 4 is 41.1 Å². The number of imidazole rings is 1. The maximum Gasteiger partial charge on any atom is 0.358 e. The molecule has 8 heteroatoms. The van der Waals surface area contributed by atoms with E-state index in [2.05, 4.69) is 10.3 Å². The number of nitrogens with zero attached hydrogens (tertiary/aromatic N) is 2. The van der Waals surface area contributed by atoms with Crippen LogP contribution in [0.1, 0.15) is 33.3 Å². The Morgan fingerprint density at radius 3 is 2.45 bits per heavy atom. The summed E-state index contributed by atoms with van der Waals surface area (Å²) >= 11 is 7.27. The van der Waals surface area contributed by atoms with Crippen molar-refractivity contribution < 1.29 is 14.3 Å². The van der Waals surface area contributed by atoms with E-state index in [9.17, 15) is 9.59 Å².